The van der Waals surface area contributed by atoms with Crippen LogP contribution in [0.5, 0.6) is 0 Å². The fourth-order valence-electron chi connectivity index (χ4n) is 5.71. The third kappa shape index (κ3) is 3.42. The molecule has 3 amide bonds. The number of hydrogen-bond donors (Lipinski definition) is 3. The Bertz CT molecular complexity index is 682. The Hall–Kier alpha value is -1.67. The lowest BCUT2D eigenvalue weighted by Gasteiger charge is -2.36. The summed E-state index contributed by atoms with van der Waals surface area (Å²) in [4.78, 5) is 41.6. The molecule has 3 saturated heterocycles. The highest BCUT2D eigenvalue weighted by Crippen LogP contribution is 2.63. The van der Waals surface area contributed by atoms with Gasteiger partial charge in [0, 0.05) is 13.1 Å². The van der Waals surface area contributed by atoms with E-state index in [9.17, 15) is 19.5 Å². The quantitative estimate of drug-likeness (QED) is 0.454. The number of nitrogens with one attached hydrogen (secondary N) is 2. The summed E-state index contributed by atoms with van der Waals surface area (Å²) in [5.74, 6) is -1.99. The number of aliphatic hydroxyl groups excluding tert-OH is 1. The number of rotatable bonds is 10. The third-order valence-corrected chi connectivity index (χ3v) is 7.20. The summed E-state index contributed by atoms with van der Waals surface area (Å²) in [6, 6.07) is -1.30. The summed E-state index contributed by atoms with van der Waals surface area (Å²) in [5.41, 5.74) is -1.77. The van der Waals surface area contributed by atoms with Gasteiger partial charge >= 0.3 is 0 Å². The van der Waals surface area contributed by atoms with E-state index < -0.39 is 35.1 Å². The smallest absolute Gasteiger partial charge is 0.245 e. The van der Waals surface area contributed by atoms with Gasteiger partial charge in [-0.2, -0.15) is 0 Å². The fraction of sp³-hybridized carbons (Fsp3) is 0.864. The molecule has 0 aromatic carbocycles. The second-order valence-corrected chi connectivity index (χ2v) is 9.15. The maximum atomic E-state index is 13.7. The van der Waals surface area contributed by atoms with Gasteiger partial charge < -0.3 is 25.4 Å². The predicted octanol–water partition coefficient (Wildman–Crippen LogP) is 0.965. The van der Waals surface area contributed by atoms with Gasteiger partial charge in [-0.05, 0) is 39.0 Å². The summed E-state index contributed by atoms with van der Waals surface area (Å²) in [5, 5.41) is 15.8. The van der Waals surface area contributed by atoms with E-state index in [-0.39, 0.29) is 24.3 Å². The molecule has 0 aromatic rings. The van der Waals surface area contributed by atoms with E-state index in [0.717, 1.165) is 19.3 Å². The molecule has 0 saturated carbocycles. The van der Waals surface area contributed by atoms with Crippen molar-refractivity contribution in [2.45, 2.75) is 89.5 Å². The minimum atomic E-state index is -1.01. The standard InChI is InChI=1S/C22H37N3O5/c1-5-8-12-24-19(28)17-22-10-9-21(4,30-22)15(18(27)23-11-6-2)16(22)20(29)25(17)14(7-3)13-26/h14-17,26H,5-13H2,1-4H3,(H,23,27)(H,24,28)/t14-,15+,16-,17?,21-,22?/m0/s1. The molecule has 170 valence electrons. The highest BCUT2D eigenvalue weighted by Gasteiger charge is 2.78. The van der Waals surface area contributed by atoms with Crippen LogP contribution in [0.3, 0.4) is 0 Å². The number of nitrogens with zero attached hydrogens (tertiary/aromatic N) is 1. The lowest BCUT2D eigenvalue weighted by Crippen LogP contribution is -2.58. The molecule has 3 rings (SSSR count). The Morgan fingerprint density at radius 3 is 2.47 bits per heavy atom. The molecule has 30 heavy (non-hydrogen) atoms. The molecule has 2 bridgehead atoms. The van der Waals surface area contributed by atoms with E-state index >= 15 is 0 Å². The Balaban J connectivity index is 2.00. The van der Waals surface area contributed by atoms with Crippen LogP contribution in [-0.4, -0.2) is 70.7 Å². The number of likely N-dealkylation sites (tertiary alicyclic amines) is 1. The first kappa shape index (κ1) is 23.0. The number of aliphatic hydroxyl groups is 1. The van der Waals surface area contributed by atoms with E-state index in [2.05, 4.69) is 10.6 Å². The molecule has 3 aliphatic rings. The zero-order chi connectivity index (χ0) is 22.1. The molecule has 0 aliphatic carbocycles. The van der Waals surface area contributed by atoms with Gasteiger partial charge in [0.15, 0.2) is 0 Å². The van der Waals surface area contributed by atoms with Crippen LogP contribution in [0, 0.1) is 11.8 Å². The second-order valence-electron chi connectivity index (χ2n) is 9.15. The van der Waals surface area contributed by atoms with Crippen LogP contribution >= 0.6 is 0 Å². The zero-order valence-electron chi connectivity index (χ0n) is 18.7. The second kappa shape index (κ2) is 8.83. The van der Waals surface area contributed by atoms with Gasteiger partial charge in [-0.15, -0.1) is 0 Å². The molecule has 1 spiro atoms. The summed E-state index contributed by atoms with van der Waals surface area (Å²) >= 11 is 0. The molecule has 2 unspecified atom stereocenters. The Labute approximate surface area is 179 Å². The van der Waals surface area contributed by atoms with Crippen molar-refractivity contribution < 1.29 is 24.2 Å². The van der Waals surface area contributed by atoms with Crippen LogP contribution in [0.25, 0.3) is 0 Å². The average Bonchev–Trinajstić information content (AvgIpc) is 3.29. The molecule has 8 heteroatoms. The number of hydrogen-bond acceptors (Lipinski definition) is 5. The summed E-state index contributed by atoms with van der Waals surface area (Å²) in [7, 11) is 0. The minimum Gasteiger partial charge on any atom is -0.394 e. The van der Waals surface area contributed by atoms with Crippen molar-refractivity contribution in [3.8, 4) is 0 Å². The number of unbranched alkanes of at least 4 members (excludes halogenated alkanes) is 1. The monoisotopic (exact) mass is 423 g/mol. The molecule has 3 aliphatic heterocycles. The maximum Gasteiger partial charge on any atom is 0.245 e. The molecule has 8 nitrogen and oxygen atoms in total. The van der Waals surface area contributed by atoms with Gasteiger partial charge in [0.25, 0.3) is 0 Å². The van der Waals surface area contributed by atoms with Crippen molar-refractivity contribution in [1.29, 1.82) is 0 Å². The number of carbonyl (C=O) groups excluding carboxylic acids is 3. The van der Waals surface area contributed by atoms with E-state index in [1.165, 1.54) is 4.90 Å². The van der Waals surface area contributed by atoms with E-state index in [1.54, 1.807) is 0 Å². The van der Waals surface area contributed by atoms with Gasteiger partial charge in [0.2, 0.25) is 17.7 Å². The normalized spacial score (nSPS) is 35.4. The first-order valence-electron chi connectivity index (χ1n) is 11.5. The SMILES string of the molecule is CCCCNC(=O)C1N([C@@H](CC)CO)C(=O)[C@@H]2[C@H](C(=O)NCCC)[C@]3(C)CCC12O3. The summed E-state index contributed by atoms with van der Waals surface area (Å²) in [6.07, 6.45) is 4.31. The van der Waals surface area contributed by atoms with E-state index in [1.807, 2.05) is 27.7 Å². The minimum absolute atomic E-state index is 0.177. The number of ether oxygens (including phenoxy) is 1. The maximum absolute atomic E-state index is 13.7. The lowest BCUT2D eigenvalue weighted by molar-refractivity contribution is -0.149. The van der Waals surface area contributed by atoms with Gasteiger partial charge in [0.1, 0.15) is 11.6 Å². The van der Waals surface area contributed by atoms with Crippen molar-refractivity contribution in [2.24, 2.45) is 11.8 Å². The number of fused-ring (bicyclic) bond motifs is 1. The Morgan fingerprint density at radius 2 is 1.87 bits per heavy atom. The zero-order valence-corrected chi connectivity index (χ0v) is 18.7. The van der Waals surface area contributed by atoms with Crippen LogP contribution < -0.4 is 10.6 Å². The molecular weight excluding hydrogens is 386 g/mol. The summed E-state index contributed by atoms with van der Waals surface area (Å²) in [6.45, 7) is 8.65. The first-order valence-corrected chi connectivity index (χ1v) is 11.5. The van der Waals surface area contributed by atoms with E-state index in [0.29, 0.717) is 32.4 Å². The topological polar surface area (TPSA) is 108 Å². The van der Waals surface area contributed by atoms with Gasteiger partial charge in [0.05, 0.1) is 30.1 Å². The first-order chi connectivity index (χ1) is 14.3. The van der Waals surface area contributed by atoms with Crippen LogP contribution in [0.15, 0.2) is 0 Å². The van der Waals surface area contributed by atoms with Crippen molar-refractivity contribution in [2.75, 3.05) is 19.7 Å². The van der Waals surface area contributed by atoms with Crippen LogP contribution in [-0.2, 0) is 19.1 Å². The molecule has 3 N–H and O–H groups in total. The molecule has 6 atom stereocenters. The number of carbonyl (C=O) groups is 3. The molecule has 0 radical (unpaired) electrons. The third-order valence-electron chi connectivity index (χ3n) is 7.20. The highest BCUT2D eigenvalue weighted by molar-refractivity contribution is 5.99. The van der Waals surface area contributed by atoms with Crippen molar-refractivity contribution >= 4 is 17.7 Å². The summed E-state index contributed by atoms with van der Waals surface area (Å²) < 4.78 is 6.50. The largest absolute Gasteiger partial charge is 0.394 e. The highest BCUT2D eigenvalue weighted by atomic mass is 16.5. The Morgan fingerprint density at radius 1 is 1.17 bits per heavy atom. The molecule has 3 heterocycles. The lowest BCUT2D eigenvalue weighted by atomic mass is 9.66. The molecule has 0 aromatic heterocycles. The van der Waals surface area contributed by atoms with Gasteiger partial charge in [-0.25, -0.2) is 0 Å². The van der Waals surface area contributed by atoms with E-state index in [4.69, 9.17) is 4.74 Å². The fourth-order valence-corrected chi connectivity index (χ4v) is 5.71. The molecule has 3 fully saturated rings. The Kier molecular flexibility index (Phi) is 6.77. The van der Waals surface area contributed by atoms with Crippen molar-refractivity contribution in [1.82, 2.24) is 15.5 Å². The van der Waals surface area contributed by atoms with Crippen LogP contribution in [0.1, 0.15) is 66.2 Å². The average molecular weight is 424 g/mol. The number of amides is 3. The van der Waals surface area contributed by atoms with Crippen LogP contribution in [0.2, 0.25) is 0 Å². The predicted molar refractivity (Wildman–Crippen MR) is 111 cm³/mol. The van der Waals surface area contributed by atoms with Crippen LogP contribution in [0.4, 0.5) is 0 Å². The molecular formula is C22H37N3O5. The van der Waals surface area contributed by atoms with Crippen molar-refractivity contribution in [3.05, 3.63) is 0 Å². The van der Waals surface area contributed by atoms with Gasteiger partial charge in [-0.3, -0.25) is 14.4 Å². The van der Waals surface area contributed by atoms with Gasteiger partial charge in [-0.1, -0.05) is 27.2 Å². The van der Waals surface area contributed by atoms with Crippen molar-refractivity contribution in [3.63, 3.8) is 0 Å².